The average Bonchev–Trinajstić information content (AvgIpc) is 2.93. The molecule has 0 fully saturated rings. The van der Waals surface area contributed by atoms with E-state index in [-0.39, 0.29) is 12.3 Å². The fourth-order valence-corrected chi connectivity index (χ4v) is 4.32. The van der Waals surface area contributed by atoms with E-state index in [9.17, 15) is 4.79 Å². The van der Waals surface area contributed by atoms with Crippen LogP contribution in [0.4, 0.5) is 0 Å². The number of hydrogen-bond donors (Lipinski definition) is 0. The van der Waals surface area contributed by atoms with Crippen LogP contribution in [0.3, 0.4) is 0 Å². The molecule has 0 amide bonds. The lowest BCUT2D eigenvalue weighted by Crippen LogP contribution is -2.31. The van der Waals surface area contributed by atoms with Crippen molar-refractivity contribution in [2.45, 2.75) is 18.8 Å². The number of nitrogens with zero attached hydrogens (tertiary/aromatic N) is 2. The van der Waals surface area contributed by atoms with Crippen molar-refractivity contribution in [1.82, 2.24) is 4.98 Å². The Morgan fingerprint density at radius 3 is 2.09 bits per heavy atom. The fourth-order valence-electron chi connectivity index (χ4n) is 4.32. The van der Waals surface area contributed by atoms with Crippen molar-refractivity contribution in [2.24, 2.45) is 0 Å². The molecule has 5 nitrogen and oxygen atoms in total. The maximum Gasteiger partial charge on any atom is 0.357 e. The molecular formula is C30H26N2O3. The van der Waals surface area contributed by atoms with Crippen molar-refractivity contribution in [3.63, 3.8) is 0 Å². The van der Waals surface area contributed by atoms with Crippen molar-refractivity contribution in [3.05, 3.63) is 131 Å². The summed E-state index contributed by atoms with van der Waals surface area (Å²) in [4.78, 5) is 16.7. The summed E-state index contributed by atoms with van der Waals surface area (Å²) in [5.74, 6) is 0.170. The smallest absolute Gasteiger partial charge is 0.357 e. The molecule has 35 heavy (non-hydrogen) atoms. The molecule has 0 saturated heterocycles. The van der Waals surface area contributed by atoms with Crippen LogP contribution in [0.1, 0.15) is 46.1 Å². The van der Waals surface area contributed by atoms with Crippen molar-refractivity contribution in [3.8, 4) is 11.8 Å². The van der Waals surface area contributed by atoms with Gasteiger partial charge in [0, 0.05) is 6.20 Å². The van der Waals surface area contributed by atoms with Crippen LogP contribution in [-0.4, -0.2) is 24.2 Å². The minimum absolute atomic E-state index is 0.152. The van der Waals surface area contributed by atoms with Gasteiger partial charge in [0.2, 0.25) is 0 Å². The van der Waals surface area contributed by atoms with Crippen molar-refractivity contribution in [2.75, 3.05) is 13.2 Å². The van der Waals surface area contributed by atoms with Crippen molar-refractivity contribution < 1.29 is 14.3 Å². The van der Waals surface area contributed by atoms with E-state index < -0.39 is 11.4 Å². The number of hydrogen-bond acceptors (Lipinski definition) is 5. The summed E-state index contributed by atoms with van der Waals surface area (Å²) in [6, 6.07) is 33.9. The Labute approximate surface area is 205 Å². The van der Waals surface area contributed by atoms with Gasteiger partial charge in [0.1, 0.15) is 17.5 Å². The maximum atomic E-state index is 12.3. The predicted octanol–water partition coefficient (Wildman–Crippen LogP) is 5.93. The highest BCUT2D eigenvalue weighted by molar-refractivity contribution is 5.87. The first-order valence-electron chi connectivity index (χ1n) is 11.5. The lowest BCUT2D eigenvalue weighted by Gasteiger charge is -2.36. The second-order valence-electron chi connectivity index (χ2n) is 8.02. The topological polar surface area (TPSA) is 72.2 Å². The molecule has 1 aromatic heterocycles. The molecule has 4 aromatic rings. The molecule has 0 bridgehead atoms. The molecule has 0 aliphatic carbocycles. The number of ether oxygens (including phenoxy) is 2. The predicted molar refractivity (Wildman–Crippen MR) is 134 cm³/mol. The first-order chi connectivity index (χ1) is 17.2. The zero-order valence-corrected chi connectivity index (χ0v) is 19.6. The summed E-state index contributed by atoms with van der Waals surface area (Å²) in [5, 5.41) is 8.71. The third kappa shape index (κ3) is 4.92. The van der Waals surface area contributed by atoms with Crippen molar-refractivity contribution in [1.29, 1.82) is 5.26 Å². The molecule has 0 aliphatic rings. The highest BCUT2D eigenvalue weighted by Crippen LogP contribution is 2.45. The summed E-state index contributed by atoms with van der Waals surface area (Å²) < 4.78 is 10.9. The van der Waals surface area contributed by atoms with Gasteiger partial charge < -0.3 is 9.47 Å². The normalized spacial score (nSPS) is 10.9. The van der Waals surface area contributed by atoms with Crippen LogP contribution in [-0.2, 0) is 10.2 Å². The third-order valence-electron chi connectivity index (χ3n) is 5.83. The number of benzene rings is 3. The molecule has 5 heteroatoms. The Hall–Kier alpha value is -4.43. The lowest BCUT2D eigenvalue weighted by molar-refractivity contribution is 0.0548. The quantitative estimate of drug-likeness (QED) is 0.228. The van der Waals surface area contributed by atoms with E-state index in [0.717, 1.165) is 34.4 Å². The largest absolute Gasteiger partial charge is 0.494 e. The van der Waals surface area contributed by atoms with Crippen LogP contribution in [0.25, 0.3) is 0 Å². The average molecular weight is 463 g/mol. The number of carbonyl (C=O) groups excluding carboxylic acids is 1. The molecule has 4 rings (SSSR count). The minimum Gasteiger partial charge on any atom is -0.494 e. The third-order valence-corrected chi connectivity index (χ3v) is 5.83. The molecule has 0 spiro atoms. The lowest BCUT2D eigenvalue weighted by atomic mass is 9.65. The molecule has 0 radical (unpaired) electrons. The van der Waals surface area contributed by atoms with E-state index >= 15 is 0 Å². The molecule has 0 aliphatic heterocycles. The number of rotatable bonds is 9. The standard InChI is InChI=1S/C30H26N2O3/c1-2-19-34-27-15-9-14-25(21-27)30(23-10-5-3-6-11-23,24-12-7-4-8-13-24)26-16-17-28(32-22-26)29(33)35-20-18-31/h3-17,21-22H,2,19-20H2,1H3. The number of carbonyl (C=O) groups is 1. The number of nitriles is 1. The van der Waals surface area contributed by atoms with Gasteiger partial charge in [0.15, 0.2) is 6.61 Å². The second kappa shape index (κ2) is 11.1. The highest BCUT2D eigenvalue weighted by Gasteiger charge is 2.39. The first kappa shape index (κ1) is 23.7. The van der Waals surface area contributed by atoms with Gasteiger partial charge in [-0.2, -0.15) is 5.26 Å². The molecule has 1 heterocycles. The Morgan fingerprint density at radius 2 is 1.51 bits per heavy atom. The van der Waals surface area contributed by atoms with Crippen LogP contribution in [0, 0.1) is 11.3 Å². The highest BCUT2D eigenvalue weighted by atomic mass is 16.5. The summed E-state index contributed by atoms with van der Waals surface area (Å²) in [7, 11) is 0. The summed E-state index contributed by atoms with van der Waals surface area (Å²) in [6.45, 7) is 2.40. The van der Waals surface area contributed by atoms with Crippen LogP contribution in [0.15, 0.2) is 103 Å². The Balaban J connectivity index is 1.95. The molecule has 0 unspecified atom stereocenters. The molecule has 174 valence electrons. The zero-order valence-electron chi connectivity index (χ0n) is 19.6. The van der Waals surface area contributed by atoms with E-state index in [2.05, 4.69) is 48.3 Å². The Kier molecular flexibility index (Phi) is 7.54. The summed E-state index contributed by atoms with van der Waals surface area (Å²) in [5.41, 5.74) is 3.46. The van der Waals surface area contributed by atoms with Crippen LogP contribution in [0.2, 0.25) is 0 Å². The van der Waals surface area contributed by atoms with Gasteiger partial charge in [0.05, 0.1) is 12.0 Å². The van der Waals surface area contributed by atoms with Crippen LogP contribution in [0.5, 0.6) is 5.75 Å². The van der Waals surface area contributed by atoms with E-state index in [1.807, 2.05) is 54.6 Å². The molecule has 0 saturated carbocycles. The van der Waals surface area contributed by atoms with Gasteiger partial charge in [-0.1, -0.05) is 85.8 Å². The van der Waals surface area contributed by atoms with E-state index in [4.69, 9.17) is 14.7 Å². The Morgan fingerprint density at radius 1 is 0.857 bits per heavy atom. The monoisotopic (exact) mass is 462 g/mol. The van der Waals surface area contributed by atoms with Gasteiger partial charge >= 0.3 is 5.97 Å². The van der Waals surface area contributed by atoms with Gasteiger partial charge in [-0.25, -0.2) is 9.78 Å². The SMILES string of the molecule is CCCOc1cccc(C(c2ccccc2)(c2ccccc2)c2ccc(C(=O)OCC#N)nc2)c1. The van der Waals surface area contributed by atoms with E-state index in [1.54, 1.807) is 18.3 Å². The number of pyridine rings is 1. The summed E-state index contributed by atoms with van der Waals surface area (Å²) in [6.07, 6.45) is 2.63. The van der Waals surface area contributed by atoms with Gasteiger partial charge in [-0.3, -0.25) is 0 Å². The van der Waals surface area contributed by atoms with Gasteiger partial charge in [0.25, 0.3) is 0 Å². The maximum absolute atomic E-state index is 12.3. The molecule has 0 atom stereocenters. The van der Waals surface area contributed by atoms with E-state index in [1.165, 1.54) is 0 Å². The van der Waals surface area contributed by atoms with Crippen molar-refractivity contribution >= 4 is 5.97 Å². The Bertz CT molecular complexity index is 1260. The molecule has 0 N–H and O–H groups in total. The van der Waals surface area contributed by atoms with E-state index in [0.29, 0.717) is 6.61 Å². The molecular weight excluding hydrogens is 436 g/mol. The summed E-state index contributed by atoms with van der Waals surface area (Å²) >= 11 is 0. The fraction of sp³-hybridized carbons (Fsp3) is 0.167. The zero-order chi connectivity index (χ0) is 24.5. The second-order valence-corrected chi connectivity index (χ2v) is 8.02. The minimum atomic E-state index is -0.712. The molecule has 3 aromatic carbocycles. The number of aromatic nitrogens is 1. The van der Waals surface area contributed by atoms with Crippen LogP contribution < -0.4 is 4.74 Å². The van der Waals surface area contributed by atoms with Gasteiger partial charge in [-0.05, 0) is 46.9 Å². The number of esters is 1. The van der Waals surface area contributed by atoms with Gasteiger partial charge in [-0.15, -0.1) is 0 Å². The first-order valence-corrected chi connectivity index (χ1v) is 11.5. The van der Waals surface area contributed by atoms with Crippen LogP contribution >= 0.6 is 0 Å².